The number of aryl methyl sites for hydroxylation is 1. The number of rotatable bonds is 12. The van der Waals surface area contributed by atoms with Crippen LogP contribution in [0.2, 0.25) is 0 Å². The number of carbonyl (C=O) groups is 1. The van der Waals surface area contributed by atoms with Crippen molar-refractivity contribution in [1.82, 2.24) is 20.2 Å². The maximum atomic E-state index is 12.8. The van der Waals surface area contributed by atoms with Gasteiger partial charge in [0, 0.05) is 23.9 Å². The van der Waals surface area contributed by atoms with Crippen LogP contribution in [0.25, 0.3) is 0 Å². The molecule has 2 N–H and O–H groups in total. The first kappa shape index (κ1) is 26.8. The number of aromatic nitrogens is 3. The lowest BCUT2D eigenvalue weighted by molar-refractivity contribution is -0.120. The van der Waals surface area contributed by atoms with Crippen LogP contribution >= 0.6 is 11.8 Å². The topological polar surface area (TPSA) is 103 Å². The SMILES string of the molecule is C=CCn1c(CNc2ccc(C)cc2)nnc1S[C@H](C)C(=O)N/N=C(/C)c1ccc(OC)cc1OC. The van der Waals surface area contributed by atoms with Gasteiger partial charge in [-0.2, -0.15) is 5.10 Å². The number of hydrazone groups is 1. The fourth-order valence-electron chi connectivity index (χ4n) is 3.30. The molecule has 0 aliphatic carbocycles. The van der Waals surface area contributed by atoms with Crippen LogP contribution in [0.1, 0.15) is 30.8 Å². The number of hydrogen-bond donors (Lipinski definition) is 2. The summed E-state index contributed by atoms with van der Waals surface area (Å²) >= 11 is 1.31. The van der Waals surface area contributed by atoms with E-state index in [0.29, 0.717) is 35.5 Å². The lowest BCUT2D eigenvalue weighted by Gasteiger charge is -2.13. The number of allylic oxidation sites excluding steroid dienone is 1. The average molecular weight is 509 g/mol. The summed E-state index contributed by atoms with van der Waals surface area (Å²) in [5.41, 5.74) is 6.21. The minimum atomic E-state index is -0.454. The quantitative estimate of drug-likeness (QED) is 0.162. The van der Waals surface area contributed by atoms with Crippen molar-refractivity contribution < 1.29 is 14.3 Å². The van der Waals surface area contributed by atoms with Crippen LogP contribution in [0.3, 0.4) is 0 Å². The summed E-state index contributed by atoms with van der Waals surface area (Å²) in [6.07, 6.45) is 1.78. The predicted molar refractivity (Wildman–Crippen MR) is 144 cm³/mol. The Morgan fingerprint density at radius 1 is 1.19 bits per heavy atom. The molecule has 190 valence electrons. The van der Waals surface area contributed by atoms with Crippen LogP contribution in [0.5, 0.6) is 11.5 Å². The Morgan fingerprint density at radius 2 is 1.94 bits per heavy atom. The summed E-state index contributed by atoms with van der Waals surface area (Å²) < 4.78 is 12.6. The van der Waals surface area contributed by atoms with E-state index in [1.807, 2.05) is 47.9 Å². The maximum absolute atomic E-state index is 12.8. The van der Waals surface area contributed by atoms with Gasteiger partial charge in [0.05, 0.1) is 31.7 Å². The molecule has 0 spiro atoms. The third-order valence-corrected chi connectivity index (χ3v) is 6.47. The zero-order valence-electron chi connectivity index (χ0n) is 21.2. The number of thioether (sulfide) groups is 1. The first-order valence-corrected chi connectivity index (χ1v) is 12.3. The Balaban J connectivity index is 1.65. The van der Waals surface area contributed by atoms with Gasteiger partial charge < -0.3 is 19.4 Å². The molecule has 2 aromatic carbocycles. The van der Waals surface area contributed by atoms with Gasteiger partial charge in [0.1, 0.15) is 11.5 Å². The van der Waals surface area contributed by atoms with Crippen LogP contribution in [0.15, 0.2) is 65.4 Å². The molecule has 0 aliphatic rings. The van der Waals surface area contributed by atoms with Crippen molar-refractivity contribution in [2.75, 3.05) is 19.5 Å². The van der Waals surface area contributed by atoms with Crippen molar-refractivity contribution >= 4 is 29.1 Å². The molecule has 3 aromatic rings. The molecule has 0 aliphatic heterocycles. The van der Waals surface area contributed by atoms with E-state index >= 15 is 0 Å². The lowest BCUT2D eigenvalue weighted by Crippen LogP contribution is -2.28. The summed E-state index contributed by atoms with van der Waals surface area (Å²) in [5, 5.41) is 16.4. The minimum absolute atomic E-state index is 0.251. The molecule has 0 unspecified atom stereocenters. The molecule has 1 atom stereocenters. The highest BCUT2D eigenvalue weighted by Crippen LogP contribution is 2.26. The highest BCUT2D eigenvalue weighted by Gasteiger charge is 2.20. The number of hydrogen-bond acceptors (Lipinski definition) is 8. The van der Waals surface area contributed by atoms with E-state index in [9.17, 15) is 4.79 Å². The van der Waals surface area contributed by atoms with Gasteiger partial charge in [-0.25, -0.2) is 5.43 Å². The van der Waals surface area contributed by atoms with Gasteiger partial charge in [-0.15, -0.1) is 16.8 Å². The third-order valence-electron chi connectivity index (χ3n) is 5.39. The van der Waals surface area contributed by atoms with Crippen LogP contribution in [-0.4, -0.2) is 45.9 Å². The molecule has 0 radical (unpaired) electrons. The summed E-state index contributed by atoms with van der Waals surface area (Å²) in [5.74, 6) is 1.79. The second kappa shape index (κ2) is 12.8. The number of nitrogens with zero attached hydrogens (tertiary/aromatic N) is 4. The van der Waals surface area contributed by atoms with Gasteiger partial charge in [0.25, 0.3) is 5.91 Å². The van der Waals surface area contributed by atoms with E-state index in [2.05, 4.69) is 32.6 Å². The summed E-state index contributed by atoms with van der Waals surface area (Å²) in [4.78, 5) is 12.8. The van der Waals surface area contributed by atoms with Gasteiger partial charge >= 0.3 is 0 Å². The number of amides is 1. The Morgan fingerprint density at radius 3 is 2.61 bits per heavy atom. The third kappa shape index (κ3) is 6.88. The van der Waals surface area contributed by atoms with Crippen molar-refractivity contribution in [2.24, 2.45) is 5.10 Å². The Kier molecular flexibility index (Phi) is 9.52. The maximum Gasteiger partial charge on any atom is 0.253 e. The lowest BCUT2D eigenvalue weighted by atomic mass is 10.1. The smallest absolute Gasteiger partial charge is 0.253 e. The number of benzene rings is 2. The predicted octanol–water partition coefficient (Wildman–Crippen LogP) is 4.42. The first-order valence-electron chi connectivity index (χ1n) is 11.4. The van der Waals surface area contributed by atoms with E-state index in [-0.39, 0.29) is 5.91 Å². The monoisotopic (exact) mass is 508 g/mol. The number of carbonyl (C=O) groups excluding carboxylic acids is 1. The van der Waals surface area contributed by atoms with Gasteiger partial charge in [0.15, 0.2) is 11.0 Å². The van der Waals surface area contributed by atoms with Gasteiger partial charge in [-0.1, -0.05) is 35.5 Å². The van der Waals surface area contributed by atoms with E-state index in [1.165, 1.54) is 17.3 Å². The Hall–Kier alpha value is -3.79. The highest BCUT2D eigenvalue weighted by atomic mass is 32.2. The fraction of sp³-hybridized carbons (Fsp3) is 0.308. The molecule has 9 nitrogen and oxygen atoms in total. The molecule has 1 amide bonds. The molecule has 0 saturated heterocycles. The molecule has 3 rings (SSSR count). The highest BCUT2D eigenvalue weighted by molar-refractivity contribution is 8.00. The normalized spacial score (nSPS) is 12.1. The van der Waals surface area contributed by atoms with Crippen LogP contribution in [0.4, 0.5) is 5.69 Å². The number of ether oxygens (including phenoxy) is 2. The molecule has 1 aromatic heterocycles. The molecule has 1 heterocycles. The Bertz CT molecular complexity index is 1220. The van der Waals surface area contributed by atoms with Crippen molar-refractivity contribution in [3.63, 3.8) is 0 Å². The largest absolute Gasteiger partial charge is 0.497 e. The van der Waals surface area contributed by atoms with Crippen molar-refractivity contribution in [2.45, 2.75) is 44.3 Å². The molecular formula is C26H32N6O3S. The average Bonchev–Trinajstić information content (AvgIpc) is 3.27. The number of anilines is 1. The van der Waals surface area contributed by atoms with E-state index in [4.69, 9.17) is 9.47 Å². The molecule has 0 bridgehead atoms. The first-order chi connectivity index (χ1) is 17.4. The molecule has 0 fully saturated rings. The van der Waals surface area contributed by atoms with Crippen molar-refractivity contribution in [3.8, 4) is 11.5 Å². The molecule has 10 heteroatoms. The standard InChI is InChI=1S/C26H32N6O3S/c1-7-14-32-24(16-27-20-10-8-17(2)9-11-20)29-31-26(32)36-19(4)25(33)30-28-18(3)22-13-12-21(34-5)15-23(22)35-6/h7-13,15,19,27H,1,14,16H2,2-6H3,(H,30,33)/b28-18-/t19-/m1/s1. The van der Waals surface area contributed by atoms with Crippen molar-refractivity contribution in [3.05, 3.63) is 72.1 Å². The second-order valence-electron chi connectivity index (χ2n) is 8.02. The number of methoxy groups -OCH3 is 2. The zero-order valence-corrected chi connectivity index (χ0v) is 22.1. The molecule has 0 saturated carbocycles. The molecular weight excluding hydrogens is 476 g/mol. The Labute approximate surface area is 216 Å². The molecule has 36 heavy (non-hydrogen) atoms. The number of nitrogens with one attached hydrogen (secondary N) is 2. The van der Waals surface area contributed by atoms with E-state index in [0.717, 1.165) is 17.1 Å². The van der Waals surface area contributed by atoms with Gasteiger partial charge in [-0.3, -0.25) is 4.79 Å². The zero-order chi connectivity index (χ0) is 26.1. The van der Waals surface area contributed by atoms with Crippen LogP contribution in [0, 0.1) is 6.92 Å². The minimum Gasteiger partial charge on any atom is -0.497 e. The summed E-state index contributed by atoms with van der Waals surface area (Å²) in [6.45, 7) is 10.5. The van der Waals surface area contributed by atoms with Crippen LogP contribution < -0.4 is 20.2 Å². The summed E-state index contributed by atoms with van der Waals surface area (Å²) in [6, 6.07) is 13.6. The van der Waals surface area contributed by atoms with Crippen LogP contribution in [-0.2, 0) is 17.9 Å². The van der Waals surface area contributed by atoms with E-state index in [1.54, 1.807) is 40.2 Å². The van der Waals surface area contributed by atoms with Gasteiger partial charge in [-0.05, 0) is 45.0 Å². The van der Waals surface area contributed by atoms with E-state index < -0.39 is 5.25 Å². The summed E-state index contributed by atoms with van der Waals surface area (Å²) in [7, 11) is 3.17. The second-order valence-corrected chi connectivity index (χ2v) is 9.33. The van der Waals surface area contributed by atoms with Crippen molar-refractivity contribution in [1.29, 1.82) is 0 Å². The van der Waals surface area contributed by atoms with Gasteiger partial charge in [0.2, 0.25) is 0 Å². The fourth-order valence-corrected chi connectivity index (χ4v) is 4.17.